The maximum Gasteiger partial charge on any atom is 0.230 e. The number of aromatic nitrogens is 2. The van der Waals surface area contributed by atoms with Crippen molar-refractivity contribution in [3.05, 3.63) is 88.7 Å². The normalized spacial score (nSPS) is 11.0. The van der Waals surface area contributed by atoms with Crippen LogP contribution in [0.4, 0.5) is 5.69 Å². The molecule has 0 aliphatic carbocycles. The van der Waals surface area contributed by atoms with Crippen molar-refractivity contribution in [3.63, 3.8) is 0 Å². The van der Waals surface area contributed by atoms with E-state index in [1.54, 1.807) is 0 Å². The Morgan fingerprint density at radius 1 is 0.931 bits per heavy atom. The van der Waals surface area contributed by atoms with E-state index in [1.165, 1.54) is 11.1 Å². The first-order chi connectivity index (χ1) is 13.9. The number of benzene rings is 2. The molecule has 0 saturated carbocycles. The zero-order valence-electron chi connectivity index (χ0n) is 17.3. The predicted octanol–water partition coefficient (Wildman–Crippen LogP) is 5.42. The lowest BCUT2D eigenvalue weighted by Gasteiger charge is -2.09. The fraction of sp³-hybridized carbons (Fsp3) is 0.200. The summed E-state index contributed by atoms with van der Waals surface area (Å²) in [7, 11) is 0. The highest BCUT2D eigenvalue weighted by molar-refractivity contribution is 5.93. The summed E-state index contributed by atoms with van der Waals surface area (Å²) in [5, 5.41) is 3.02. The highest BCUT2D eigenvalue weighted by Gasteiger charge is 2.18. The van der Waals surface area contributed by atoms with Crippen LogP contribution in [0.5, 0.6) is 0 Å². The Balaban J connectivity index is 1.76. The van der Waals surface area contributed by atoms with Crippen LogP contribution < -0.4 is 5.32 Å². The number of hydrogen-bond donors (Lipinski definition) is 1. The van der Waals surface area contributed by atoms with Crippen molar-refractivity contribution in [2.45, 2.75) is 34.1 Å². The number of carbonyl (C=O) groups excluding carboxylic acids is 1. The van der Waals surface area contributed by atoms with Crippen LogP contribution >= 0.6 is 0 Å². The molecule has 1 amide bonds. The van der Waals surface area contributed by atoms with Gasteiger partial charge in [0.2, 0.25) is 5.91 Å². The topological polar surface area (TPSA) is 46.4 Å². The van der Waals surface area contributed by atoms with Crippen LogP contribution in [0.1, 0.15) is 27.9 Å². The fourth-order valence-electron chi connectivity index (χ4n) is 3.62. The standard InChI is InChI=1S/C25H25N3O/c1-16-7-5-9-21(13-16)26-23(29)15-22-24(20-11-10-17(2)19(4)14-20)27-25-18(3)8-6-12-28(22)25/h5-14H,15H2,1-4H3,(H,26,29). The second kappa shape index (κ2) is 7.55. The van der Waals surface area contributed by atoms with Crippen molar-refractivity contribution in [1.82, 2.24) is 9.38 Å². The van der Waals surface area contributed by atoms with Crippen LogP contribution in [0, 0.1) is 27.7 Å². The molecule has 0 fully saturated rings. The lowest BCUT2D eigenvalue weighted by atomic mass is 10.0. The predicted molar refractivity (Wildman–Crippen MR) is 118 cm³/mol. The molecule has 0 aliphatic rings. The SMILES string of the molecule is Cc1cccc(NC(=O)Cc2c(-c3ccc(C)c(C)c3)nc3c(C)cccn23)c1. The number of nitrogens with zero attached hydrogens (tertiary/aromatic N) is 2. The summed E-state index contributed by atoms with van der Waals surface area (Å²) in [5.74, 6) is -0.0519. The third-order valence-electron chi connectivity index (χ3n) is 5.35. The average molecular weight is 383 g/mol. The van der Waals surface area contributed by atoms with E-state index in [2.05, 4.69) is 37.4 Å². The van der Waals surface area contributed by atoms with Gasteiger partial charge in [0, 0.05) is 17.4 Å². The van der Waals surface area contributed by atoms with Gasteiger partial charge in [0.15, 0.2) is 0 Å². The molecule has 4 nitrogen and oxygen atoms in total. The van der Waals surface area contributed by atoms with E-state index >= 15 is 0 Å². The van der Waals surface area contributed by atoms with Gasteiger partial charge in [-0.15, -0.1) is 0 Å². The van der Waals surface area contributed by atoms with Crippen LogP contribution in [-0.2, 0) is 11.2 Å². The molecular weight excluding hydrogens is 358 g/mol. The first-order valence-corrected chi connectivity index (χ1v) is 9.83. The van der Waals surface area contributed by atoms with E-state index in [1.807, 2.05) is 60.8 Å². The van der Waals surface area contributed by atoms with Crippen LogP contribution in [0.3, 0.4) is 0 Å². The highest BCUT2D eigenvalue weighted by atomic mass is 16.1. The van der Waals surface area contributed by atoms with Crippen molar-refractivity contribution in [2.75, 3.05) is 5.32 Å². The number of carbonyl (C=O) groups is 1. The zero-order chi connectivity index (χ0) is 20.5. The molecule has 4 rings (SSSR count). The first-order valence-electron chi connectivity index (χ1n) is 9.83. The van der Waals surface area contributed by atoms with Gasteiger partial charge in [-0.05, 0) is 74.2 Å². The van der Waals surface area contributed by atoms with Gasteiger partial charge in [0.05, 0.1) is 17.8 Å². The molecule has 0 aliphatic heterocycles. The minimum Gasteiger partial charge on any atom is -0.326 e. The van der Waals surface area contributed by atoms with E-state index in [-0.39, 0.29) is 12.3 Å². The molecule has 146 valence electrons. The second-order valence-corrected chi connectivity index (χ2v) is 7.69. The largest absolute Gasteiger partial charge is 0.326 e. The minimum absolute atomic E-state index is 0.0519. The molecule has 2 heterocycles. The van der Waals surface area contributed by atoms with Crippen molar-refractivity contribution < 1.29 is 4.79 Å². The van der Waals surface area contributed by atoms with Crippen molar-refractivity contribution in [1.29, 1.82) is 0 Å². The lowest BCUT2D eigenvalue weighted by molar-refractivity contribution is -0.115. The summed E-state index contributed by atoms with van der Waals surface area (Å²) in [6.45, 7) is 8.26. The quantitative estimate of drug-likeness (QED) is 0.512. The van der Waals surface area contributed by atoms with Gasteiger partial charge in [0.1, 0.15) is 5.65 Å². The Morgan fingerprint density at radius 3 is 2.52 bits per heavy atom. The van der Waals surface area contributed by atoms with E-state index in [9.17, 15) is 4.79 Å². The third-order valence-corrected chi connectivity index (χ3v) is 5.35. The summed E-state index contributed by atoms with van der Waals surface area (Å²) >= 11 is 0. The van der Waals surface area contributed by atoms with Crippen LogP contribution in [0.25, 0.3) is 16.9 Å². The number of hydrogen-bond acceptors (Lipinski definition) is 2. The van der Waals surface area contributed by atoms with Crippen molar-refractivity contribution in [2.24, 2.45) is 0 Å². The molecule has 1 N–H and O–H groups in total. The average Bonchev–Trinajstić information content (AvgIpc) is 3.04. The van der Waals surface area contributed by atoms with Crippen molar-refractivity contribution in [3.8, 4) is 11.3 Å². The summed E-state index contributed by atoms with van der Waals surface area (Å²) in [6.07, 6.45) is 2.23. The van der Waals surface area contributed by atoms with E-state index in [0.717, 1.165) is 39.4 Å². The van der Waals surface area contributed by atoms with Crippen LogP contribution in [0.2, 0.25) is 0 Å². The number of anilines is 1. The Morgan fingerprint density at radius 2 is 1.76 bits per heavy atom. The molecule has 2 aromatic carbocycles. The summed E-state index contributed by atoms with van der Waals surface area (Å²) < 4.78 is 2.04. The van der Waals surface area contributed by atoms with Gasteiger partial charge in [-0.3, -0.25) is 4.79 Å². The fourth-order valence-corrected chi connectivity index (χ4v) is 3.62. The Labute approximate surface area is 171 Å². The maximum atomic E-state index is 12.9. The minimum atomic E-state index is -0.0519. The summed E-state index contributed by atoms with van der Waals surface area (Å²) in [5.41, 5.74) is 9.16. The molecule has 0 saturated heterocycles. The zero-order valence-corrected chi connectivity index (χ0v) is 17.3. The van der Waals surface area contributed by atoms with Crippen molar-refractivity contribution >= 4 is 17.2 Å². The number of amides is 1. The molecule has 4 aromatic rings. The van der Waals surface area contributed by atoms with Gasteiger partial charge in [-0.25, -0.2) is 4.98 Å². The maximum absolute atomic E-state index is 12.9. The number of rotatable bonds is 4. The molecule has 2 aromatic heterocycles. The number of pyridine rings is 1. The molecule has 4 heteroatoms. The van der Waals surface area contributed by atoms with Gasteiger partial charge < -0.3 is 9.72 Å². The first kappa shape index (κ1) is 18.9. The third kappa shape index (κ3) is 3.79. The Hall–Kier alpha value is -3.40. The summed E-state index contributed by atoms with van der Waals surface area (Å²) in [6, 6.07) is 18.2. The lowest BCUT2D eigenvalue weighted by Crippen LogP contribution is -2.16. The number of imidazole rings is 1. The monoisotopic (exact) mass is 383 g/mol. The van der Waals surface area contributed by atoms with Gasteiger partial charge in [-0.1, -0.05) is 30.3 Å². The molecule has 0 atom stereocenters. The van der Waals surface area contributed by atoms with E-state index in [4.69, 9.17) is 4.98 Å². The smallest absolute Gasteiger partial charge is 0.230 e. The summed E-state index contributed by atoms with van der Waals surface area (Å²) in [4.78, 5) is 17.8. The molecular formula is C25H25N3O. The molecule has 0 unspecified atom stereocenters. The van der Waals surface area contributed by atoms with Gasteiger partial charge >= 0.3 is 0 Å². The van der Waals surface area contributed by atoms with Gasteiger partial charge in [-0.2, -0.15) is 0 Å². The highest BCUT2D eigenvalue weighted by Crippen LogP contribution is 2.28. The Bertz CT molecular complexity index is 1220. The molecule has 0 radical (unpaired) electrons. The van der Waals surface area contributed by atoms with Crippen LogP contribution in [-0.4, -0.2) is 15.3 Å². The number of aryl methyl sites for hydroxylation is 4. The van der Waals surface area contributed by atoms with Gasteiger partial charge in [0.25, 0.3) is 0 Å². The molecule has 0 spiro atoms. The Kier molecular flexibility index (Phi) is 4.93. The molecule has 0 bridgehead atoms. The van der Waals surface area contributed by atoms with E-state index < -0.39 is 0 Å². The number of fused-ring (bicyclic) bond motifs is 1. The van der Waals surface area contributed by atoms with Crippen LogP contribution in [0.15, 0.2) is 60.8 Å². The molecule has 29 heavy (non-hydrogen) atoms. The number of nitrogens with one attached hydrogen (secondary N) is 1. The van der Waals surface area contributed by atoms with E-state index in [0.29, 0.717) is 0 Å². The second-order valence-electron chi connectivity index (χ2n) is 7.69.